The Labute approximate surface area is 97.7 Å². The largest absolute Gasteiger partial charge is 0.379 e. The van der Waals surface area contributed by atoms with Gasteiger partial charge in [-0.25, -0.2) is 0 Å². The summed E-state index contributed by atoms with van der Waals surface area (Å²) in [4.78, 5) is 10.1. The summed E-state index contributed by atoms with van der Waals surface area (Å²) < 4.78 is 18.6. The minimum atomic E-state index is -0.822. The van der Waals surface area contributed by atoms with Crippen LogP contribution in [0.15, 0.2) is 18.2 Å². The Balaban J connectivity index is 2.19. The van der Waals surface area contributed by atoms with Crippen molar-refractivity contribution in [2.75, 3.05) is 18.5 Å². The van der Waals surface area contributed by atoms with Gasteiger partial charge in [0.2, 0.25) is 5.82 Å². The number of hydrogen-bond donors (Lipinski definition) is 1. The van der Waals surface area contributed by atoms with Crippen molar-refractivity contribution in [2.24, 2.45) is 0 Å². The predicted octanol–water partition coefficient (Wildman–Crippen LogP) is 2.32. The van der Waals surface area contributed by atoms with Crippen LogP contribution >= 0.6 is 0 Å². The molecule has 17 heavy (non-hydrogen) atoms. The highest BCUT2D eigenvalue weighted by Gasteiger charge is 2.22. The molecule has 1 aliphatic rings. The van der Waals surface area contributed by atoms with E-state index in [0.717, 1.165) is 18.9 Å². The van der Waals surface area contributed by atoms with Crippen LogP contribution in [0.2, 0.25) is 0 Å². The molecule has 1 aromatic carbocycles. The van der Waals surface area contributed by atoms with Crippen molar-refractivity contribution in [1.29, 1.82) is 0 Å². The topological polar surface area (TPSA) is 64.4 Å². The summed E-state index contributed by atoms with van der Waals surface area (Å²) in [7, 11) is 0. The molecule has 1 aliphatic heterocycles. The first-order chi connectivity index (χ1) is 8.18. The first-order valence-electron chi connectivity index (χ1n) is 5.45. The van der Waals surface area contributed by atoms with E-state index in [4.69, 9.17) is 4.74 Å². The molecule has 1 fully saturated rings. The SMILES string of the molecule is O=[N+]([O-])c1c(F)cccc1NC1CCCOC1. The van der Waals surface area contributed by atoms with Crippen LogP contribution in [0.25, 0.3) is 0 Å². The van der Waals surface area contributed by atoms with Crippen LogP contribution in [-0.4, -0.2) is 24.2 Å². The van der Waals surface area contributed by atoms with Crippen LogP contribution in [0, 0.1) is 15.9 Å². The van der Waals surface area contributed by atoms with E-state index >= 15 is 0 Å². The Morgan fingerprint density at radius 2 is 2.35 bits per heavy atom. The van der Waals surface area contributed by atoms with Crippen LogP contribution in [0.4, 0.5) is 15.8 Å². The molecule has 2 rings (SSSR count). The van der Waals surface area contributed by atoms with E-state index in [9.17, 15) is 14.5 Å². The van der Waals surface area contributed by atoms with Gasteiger partial charge in [-0.1, -0.05) is 6.07 Å². The summed E-state index contributed by atoms with van der Waals surface area (Å²) in [5, 5.41) is 13.7. The quantitative estimate of drug-likeness (QED) is 0.650. The Hall–Kier alpha value is -1.69. The van der Waals surface area contributed by atoms with Crippen molar-refractivity contribution in [2.45, 2.75) is 18.9 Å². The lowest BCUT2D eigenvalue weighted by Gasteiger charge is -2.23. The molecule has 0 aliphatic carbocycles. The number of nitro groups is 1. The minimum Gasteiger partial charge on any atom is -0.379 e. The standard InChI is InChI=1S/C11H13FN2O3/c12-9-4-1-5-10(11(9)14(15)16)13-8-3-2-6-17-7-8/h1,4-5,8,13H,2-3,6-7H2. The molecule has 1 atom stereocenters. The predicted molar refractivity (Wildman–Crippen MR) is 60.5 cm³/mol. The maximum Gasteiger partial charge on any atom is 0.327 e. The van der Waals surface area contributed by atoms with Gasteiger partial charge >= 0.3 is 5.69 Å². The molecule has 1 saturated heterocycles. The molecule has 92 valence electrons. The first kappa shape index (κ1) is 11.8. The van der Waals surface area contributed by atoms with Gasteiger partial charge < -0.3 is 10.1 Å². The van der Waals surface area contributed by atoms with E-state index in [0.29, 0.717) is 13.2 Å². The zero-order valence-corrected chi connectivity index (χ0v) is 9.19. The third-order valence-electron chi connectivity index (χ3n) is 2.69. The van der Waals surface area contributed by atoms with E-state index in [2.05, 4.69) is 5.32 Å². The zero-order chi connectivity index (χ0) is 12.3. The average Bonchev–Trinajstić information content (AvgIpc) is 2.30. The van der Waals surface area contributed by atoms with Crippen LogP contribution < -0.4 is 5.32 Å². The van der Waals surface area contributed by atoms with Gasteiger partial charge in [-0.3, -0.25) is 10.1 Å². The van der Waals surface area contributed by atoms with Gasteiger partial charge in [-0.2, -0.15) is 4.39 Å². The molecule has 0 aromatic heterocycles. The highest BCUT2D eigenvalue weighted by atomic mass is 19.1. The second-order valence-corrected chi connectivity index (χ2v) is 3.95. The molecule has 0 radical (unpaired) electrons. The van der Waals surface area contributed by atoms with Crippen molar-refractivity contribution < 1.29 is 14.1 Å². The van der Waals surface area contributed by atoms with Crippen molar-refractivity contribution in [3.8, 4) is 0 Å². The number of nitro benzene ring substituents is 1. The summed E-state index contributed by atoms with van der Waals surface area (Å²) in [6, 6.07) is 4.05. The number of halogens is 1. The number of hydrogen-bond acceptors (Lipinski definition) is 4. The second kappa shape index (κ2) is 5.09. The monoisotopic (exact) mass is 240 g/mol. The fraction of sp³-hybridized carbons (Fsp3) is 0.455. The number of anilines is 1. The fourth-order valence-electron chi connectivity index (χ4n) is 1.89. The smallest absolute Gasteiger partial charge is 0.327 e. The van der Waals surface area contributed by atoms with Crippen LogP contribution in [0.5, 0.6) is 0 Å². The van der Waals surface area contributed by atoms with Gasteiger partial charge in [-0.15, -0.1) is 0 Å². The Morgan fingerprint density at radius 3 is 3.00 bits per heavy atom. The van der Waals surface area contributed by atoms with E-state index in [1.54, 1.807) is 0 Å². The van der Waals surface area contributed by atoms with Crippen molar-refractivity contribution >= 4 is 11.4 Å². The normalized spacial score (nSPS) is 19.9. The second-order valence-electron chi connectivity index (χ2n) is 3.95. The molecule has 1 heterocycles. The third-order valence-corrected chi connectivity index (χ3v) is 2.69. The van der Waals surface area contributed by atoms with Gasteiger partial charge in [0.1, 0.15) is 5.69 Å². The van der Waals surface area contributed by atoms with Crippen molar-refractivity contribution in [1.82, 2.24) is 0 Å². The molecular formula is C11H13FN2O3. The molecule has 6 heteroatoms. The Morgan fingerprint density at radius 1 is 1.53 bits per heavy atom. The molecule has 1 N–H and O–H groups in total. The molecule has 0 saturated carbocycles. The lowest BCUT2D eigenvalue weighted by molar-refractivity contribution is -0.386. The van der Waals surface area contributed by atoms with E-state index < -0.39 is 16.4 Å². The molecule has 1 unspecified atom stereocenters. The summed E-state index contributed by atoms with van der Waals surface area (Å²) >= 11 is 0. The molecule has 0 amide bonds. The minimum absolute atomic E-state index is 0.00394. The van der Waals surface area contributed by atoms with E-state index in [-0.39, 0.29) is 11.7 Å². The molecule has 1 aromatic rings. The highest BCUT2D eigenvalue weighted by molar-refractivity contribution is 5.62. The first-order valence-corrected chi connectivity index (χ1v) is 5.45. The molecule has 5 nitrogen and oxygen atoms in total. The number of ether oxygens (including phenoxy) is 1. The summed E-state index contributed by atoms with van der Waals surface area (Å²) in [5.74, 6) is -0.822. The number of benzene rings is 1. The summed E-state index contributed by atoms with van der Waals surface area (Å²) in [5.41, 5.74) is -0.288. The number of rotatable bonds is 3. The van der Waals surface area contributed by atoms with Gasteiger partial charge in [-0.05, 0) is 25.0 Å². The molecule has 0 bridgehead atoms. The van der Waals surface area contributed by atoms with Gasteiger partial charge in [0.15, 0.2) is 0 Å². The fourth-order valence-corrected chi connectivity index (χ4v) is 1.89. The zero-order valence-electron chi connectivity index (χ0n) is 9.19. The van der Waals surface area contributed by atoms with Crippen LogP contribution in [0.1, 0.15) is 12.8 Å². The lowest BCUT2D eigenvalue weighted by atomic mass is 10.1. The Bertz CT molecular complexity index is 419. The summed E-state index contributed by atoms with van der Waals surface area (Å²) in [6.07, 6.45) is 1.77. The third kappa shape index (κ3) is 2.71. The van der Waals surface area contributed by atoms with Gasteiger partial charge in [0.25, 0.3) is 0 Å². The molecular weight excluding hydrogens is 227 g/mol. The van der Waals surface area contributed by atoms with Crippen LogP contribution in [-0.2, 0) is 4.74 Å². The number of para-hydroxylation sites is 1. The average molecular weight is 240 g/mol. The highest BCUT2D eigenvalue weighted by Crippen LogP contribution is 2.28. The van der Waals surface area contributed by atoms with E-state index in [1.807, 2.05) is 0 Å². The van der Waals surface area contributed by atoms with Crippen molar-refractivity contribution in [3.63, 3.8) is 0 Å². The number of nitrogens with one attached hydrogen (secondary N) is 1. The number of nitrogens with zero attached hydrogens (tertiary/aromatic N) is 1. The maximum atomic E-state index is 13.3. The van der Waals surface area contributed by atoms with E-state index in [1.165, 1.54) is 12.1 Å². The maximum absolute atomic E-state index is 13.3. The Kier molecular flexibility index (Phi) is 3.53. The van der Waals surface area contributed by atoms with Crippen LogP contribution in [0.3, 0.4) is 0 Å². The van der Waals surface area contributed by atoms with Gasteiger partial charge in [0.05, 0.1) is 11.5 Å². The van der Waals surface area contributed by atoms with Gasteiger partial charge in [0, 0.05) is 12.6 Å². The molecule has 0 spiro atoms. The van der Waals surface area contributed by atoms with Crippen molar-refractivity contribution in [3.05, 3.63) is 34.1 Å². The lowest BCUT2D eigenvalue weighted by Crippen LogP contribution is -2.30. The summed E-state index contributed by atoms with van der Waals surface area (Å²) in [6.45, 7) is 1.21.